The third kappa shape index (κ3) is 17.6. The van der Waals surface area contributed by atoms with Gasteiger partial charge in [0.2, 0.25) is 0 Å². The third-order valence-corrected chi connectivity index (χ3v) is 2.17. The molecular formula is C10H25N5O8. The summed E-state index contributed by atoms with van der Waals surface area (Å²) in [5, 5.41) is 34.5. The van der Waals surface area contributed by atoms with Crippen molar-refractivity contribution in [2.75, 3.05) is 39.3 Å². The van der Waals surface area contributed by atoms with Crippen molar-refractivity contribution in [1.82, 2.24) is 28.3 Å². The fraction of sp³-hybridized carbons (Fsp3) is 0.600. The highest BCUT2D eigenvalue weighted by Gasteiger charge is 2.17. The van der Waals surface area contributed by atoms with Crippen LogP contribution in [0, 0.1) is 0 Å². The van der Waals surface area contributed by atoms with Crippen molar-refractivity contribution in [2.45, 2.75) is 0 Å². The van der Waals surface area contributed by atoms with E-state index in [9.17, 15) is 19.2 Å². The Bertz CT molecular complexity index is 323. The van der Waals surface area contributed by atoms with Crippen molar-refractivity contribution in [3.8, 4) is 0 Å². The van der Waals surface area contributed by atoms with Crippen molar-refractivity contribution in [2.24, 2.45) is 0 Å². The molecule has 0 aromatic heterocycles. The Labute approximate surface area is 132 Å². The Morgan fingerprint density at radius 1 is 0.522 bits per heavy atom. The number of carbonyl (C=O) groups is 4. The van der Waals surface area contributed by atoms with Gasteiger partial charge in [-0.25, -0.2) is 0 Å². The third-order valence-electron chi connectivity index (χ3n) is 2.17. The summed E-state index contributed by atoms with van der Waals surface area (Å²) in [5.74, 6) is -4.91. The minimum atomic E-state index is -1.23. The fourth-order valence-corrected chi connectivity index (χ4v) is 1.48. The minimum Gasteiger partial charge on any atom is -0.480 e. The lowest BCUT2D eigenvalue weighted by Gasteiger charge is -2.23. The monoisotopic (exact) mass is 343 g/mol. The first-order valence-electron chi connectivity index (χ1n) is 5.52. The molecule has 0 rings (SSSR count). The molecule has 0 amide bonds. The molecule has 23 heavy (non-hydrogen) atoms. The van der Waals surface area contributed by atoms with Gasteiger partial charge in [-0.2, -0.15) is 0 Å². The van der Waals surface area contributed by atoms with Gasteiger partial charge in [0.15, 0.2) is 0 Å². The highest BCUT2D eigenvalue weighted by atomic mass is 16.4. The van der Waals surface area contributed by atoms with Crippen molar-refractivity contribution >= 4 is 23.9 Å². The molecule has 13 nitrogen and oxygen atoms in total. The van der Waals surface area contributed by atoms with Crippen LogP contribution in [0.15, 0.2) is 0 Å². The van der Waals surface area contributed by atoms with Gasteiger partial charge >= 0.3 is 23.9 Å². The predicted octanol–water partition coefficient (Wildman–Crippen LogP) is -1.59. The molecule has 0 aromatic rings. The molecule has 0 aliphatic carbocycles. The average Bonchev–Trinajstić information content (AvgIpc) is 2.22. The summed E-state index contributed by atoms with van der Waals surface area (Å²) < 4.78 is 0. The van der Waals surface area contributed by atoms with E-state index in [1.54, 1.807) is 0 Å². The van der Waals surface area contributed by atoms with Crippen LogP contribution >= 0.6 is 0 Å². The molecule has 13 N–H and O–H groups in total. The van der Waals surface area contributed by atoms with Crippen LogP contribution in [0.2, 0.25) is 0 Å². The maximum absolute atomic E-state index is 10.6. The van der Waals surface area contributed by atoms with Crippen LogP contribution in [-0.4, -0.2) is 93.4 Å². The summed E-state index contributed by atoms with van der Waals surface area (Å²) in [5.41, 5.74) is 0. The van der Waals surface area contributed by atoms with E-state index in [1.807, 2.05) is 0 Å². The molecule has 0 aromatic carbocycles. The van der Waals surface area contributed by atoms with Gasteiger partial charge < -0.3 is 38.9 Å². The predicted molar refractivity (Wildman–Crippen MR) is 78.5 cm³/mol. The van der Waals surface area contributed by atoms with Gasteiger partial charge in [0.25, 0.3) is 0 Å². The van der Waals surface area contributed by atoms with E-state index in [1.165, 1.54) is 0 Å². The molecule has 0 bridgehead atoms. The molecule has 0 unspecified atom stereocenters. The summed E-state index contributed by atoms with van der Waals surface area (Å²) in [6, 6.07) is 0. The molecule has 0 aliphatic rings. The molecule has 0 saturated carbocycles. The van der Waals surface area contributed by atoms with Gasteiger partial charge in [0, 0.05) is 13.1 Å². The summed E-state index contributed by atoms with van der Waals surface area (Å²) in [4.78, 5) is 44.4. The van der Waals surface area contributed by atoms with Crippen LogP contribution in [0.4, 0.5) is 0 Å². The van der Waals surface area contributed by atoms with Crippen LogP contribution in [0.3, 0.4) is 0 Å². The fourth-order valence-electron chi connectivity index (χ4n) is 1.48. The van der Waals surface area contributed by atoms with Crippen LogP contribution in [0.1, 0.15) is 0 Å². The first-order valence-corrected chi connectivity index (χ1v) is 5.52. The second kappa shape index (κ2) is 14.6. The Morgan fingerprint density at radius 3 is 0.826 bits per heavy atom. The van der Waals surface area contributed by atoms with Crippen LogP contribution < -0.4 is 18.5 Å². The van der Waals surface area contributed by atoms with Crippen molar-refractivity contribution < 1.29 is 39.6 Å². The van der Waals surface area contributed by atoms with Crippen molar-refractivity contribution in [1.29, 1.82) is 0 Å². The largest absolute Gasteiger partial charge is 0.480 e. The van der Waals surface area contributed by atoms with Crippen LogP contribution in [0.5, 0.6) is 0 Å². The van der Waals surface area contributed by atoms with Gasteiger partial charge in [0.1, 0.15) is 0 Å². The van der Waals surface area contributed by atoms with Crippen molar-refractivity contribution in [3.63, 3.8) is 0 Å². The molecule has 0 fully saturated rings. The van der Waals surface area contributed by atoms with Gasteiger partial charge in [0.05, 0.1) is 26.2 Å². The summed E-state index contributed by atoms with van der Waals surface area (Å²) >= 11 is 0. The van der Waals surface area contributed by atoms with E-state index in [-0.39, 0.29) is 31.5 Å². The number of hydrogen-bond acceptors (Lipinski definition) is 9. The maximum atomic E-state index is 10.6. The molecule has 0 atom stereocenters. The zero-order chi connectivity index (χ0) is 15.7. The lowest BCUT2D eigenvalue weighted by Crippen LogP contribution is -2.43. The standard InChI is InChI=1S/C10H16N2O8.3H3N/c13-7(14)3-11(4-8(15)16)1-2-12(5-9(17)18)6-10(19)20;;;/h1-6H2,(H,13,14)(H,15,16)(H,17,18)(H,19,20);3*1H3. The second-order valence-corrected chi connectivity index (χ2v) is 4.00. The highest BCUT2D eigenvalue weighted by molar-refractivity contribution is 5.73. The topological polar surface area (TPSA) is 261 Å². The Hall–Kier alpha value is -2.32. The second-order valence-electron chi connectivity index (χ2n) is 4.00. The van der Waals surface area contributed by atoms with E-state index < -0.39 is 50.1 Å². The van der Waals surface area contributed by atoms with E-state index in [2.05, 4.69) is 0 Å². The van der Waals surface area contributed by atoms with E-state index in [4.69, 9.17) is 20.4 Å². The molecule has 138 valence electrons. The number of aliphatic carboxylic acids is 4. The summed E-state index contributed by atoms with van der Waals surface area (Å²) in [6.45, 7) is -2.25. The summed E-state index contributed by atoms with van der Waals surface area (Å²) in [6.07, 6.45) is 0. The smallest absolute Gasteiger partial charge is 0.317 e. The lowest BCUT2D eigenvalue weighted by molar-refractivity contribution is -0.145. The number of nitrogens with zero attached hydrogens (tertiary/aromatic N) is 2. The normalized spacial score (nSPS) is 9.30. The Morgan fingerprint density at radius 2 is 0.696 bits per heavy atom. The van der Waals surface area contributed by atoms with Gasteiger partial charge in [-0.3, -0.25) is 29.0 Å². The van der Waals surface area contributed by atoms with E-state index in [0.29, 0.717) is 0 Å². The lowest BCUT2D eigenvalue weighted by atomic mass is 10.4. The average molecular weight is 343 g/mol. The molecule has 0 radical (unpaired) electrons. The Kier molecular flexibility index (Phi) is 18.3. The zero-order valence-corrected chi connectivity index (χ0v) is 12.7. The molecule has 0 spiro atoms. The van der Waals surface area contributed by atoms with Gasteiger partial charge in [-0.05, 0) is 0 Å². The van der Waals surface area contributed by atoms with Crippen LogP contribution in [-0.2, 0) is 19.2 Å². The van der Waals surface area contributed by atoms with E-state index in [0.717, 1.165) is 9.80 Å². The molecule has 13 heteroatoms. The number of hydrogen-bond donors (Lipinski definition) is 7. The van der Waals surface area contributed by atoms with E-state index >= 15 is 0 Å². The number of rotatable bonds is 11. The van der Waals surface area contributed by atoms with Crippen molar-refractivity contribution in [3.05, 3.63) is 0 Å². The van der Waals surface area contributed by atoms with Crippen LogP contribution in [0.25, 0.3) is 0 Å². The minimum absolute atomic E-state index is 0. The molecule has 0 aliphatic heterocycles. The molecule has 0 saturated heterocycles. The van der Waals surface area contributed by atoms with Gasteiger partial charge in [-0.15, -0.1) is 0 Å². The Balaban J connectivity index is -0.000000602. The maximum Gasteiger partial charge on any atom is 0.317 e. The molecule has 0 heterocycles. The SMILES string of the molecule is N.N.N.O=C(O)CN(CCN(CC(=O)O)CC(=O)O)CC(=O)O. The first-order chi connectivity index (χ1) is 9.20. The quantitative estimate of drug-likeness (QED) is 0.223. The highest BCUT2D eigenvalue weighted by Crippen LogP contribution is 1.94. The first kappa shape index (κ1) is 28.8. The molecular weight excluding hydrogens is 318 g/mol. The number of carboxylic acid groups (broad SMARTS) is 4. The zero-order valence-electron chi connectivity index (χ0n) is 12.7. The van der Waals surface area contributed by atoms with Gasteiger partial charge in [-0.1, -0.05) is 0 Å². The summed E-state index contributed by atoms with van der Waals surface area (Å²) in [7, 11) is 0. The number of carboxylic acids is 4.